The second-order valence-corrected chi connectivity index (χ2v) is 7.39. The Morgan fingerprint density at radius 1 is 1.30 bits per heavy atom. The summed E-state index contributed by atoms with van der Waals surface area (Å²) >= 11 is 0. The smallest absolute Gasteiger partial charge is 0.213 e. The van der Waals surface area contributed by atoms with E-state index >= 15 is 0 Å². The van der Waals surface area contributed by atoms with Crippen LogP contribution in [0, 0.1) is 0 Å². The Morgan fingerprint density at radius 3 is 2.75 bits per heavy atom. The Bertz CT molecular complexity index is 501. The van der Waals surface area contributed by atoms with E-state index in [4.69, 9.17) is 4.74 Å². The van der Waals surface area contributed by atoms with Crippen molar-refractivity contribution in [3.05, 3.63) is 35.9 Å². The lowest BCUT2D eigenvalue weighted by molar-refractivity contribution is -0.00635. The summed E-state index contributed by atoms with van der Waals surface area (Å²) in [5, 5.41) is 0. The summed E-state index contributed by atoms with van der Waals surface area (Å²) in [6.45, 7) is 3.20. The molecule has 0 saturated carbocycles. The third-order valence-electron chi connectivity index (χ3n) is 3.69. The van der Waals surface area contributed by atoms with Gasteiger partial charge in [-0.3, -0.25) is 0 Å². The van der Waals surface area contributed by atoms with Gasteiger partial charge in [0.15, 0.2) is 0 Å². The van der Waals surface area contributed by atoms with Crippen molar-refractivity contribution in [3.8, 4) is 0 Å². The molecule has 0 unspecified atom stereocenters. The SMILES string of the molecule is CCS(=O)(=O)N1CCO[C@H](CCCc2ccccc2)C1. The summed E-state index contributed by atoms with van der Waals surface area (Å²) in [7, 11) is -3.08. The first-order valence-corrected chi connectivity index (χ1v) is 8.86. The molecule has 2 rings (SSSR count). The first kappa shape index (κ1) is 15.5. The Hall–Kier alpha value is -0.910. The van der Waals surface area contributed by atoms with Crippen LogP contribution in [0.25, 0.3) is 0 Å². The molecule has 0 aliphatic carbocycles. The maximum Gasteiger partial charge on any atom is 0.213 e. The molecule has 1 fully saturated rings. The summed E-state index contributed by atoms with van der Waals surface area (Å²) < 4.78 is 31.0. The lowest BCUT2D eigenvalue weighted by atomic mass is 10.1. The molecule has 1 aromatic carbocycles. The van der Waals surface area contributed by atoms with Crippen LogP contribution in [0.1, 0.15) is 25.3 Å². The number of ether oxygens (including phenoxy) is 1. The van der Waals surface area contributed by atoms with Gasteiger partial charge in [-0.1, -0.05) is 30.3 Å². The van der Waals surface area contributed by atoms with Gasteiger partial charge in [-0.05, 0) is 31.7 Å². The highest BCUT2D eigenvalue weighted by Crippen LogP contribution is 2.15. The van der Waals surface area contributed by atoms with E-state index in [9.17, 15) is 8.42 Å². The first-order valence-electron chi connectivity index (χ1n) is 7.25. The molecule has 1 atom stereocenters. The number of nitrogens with zero attached hydrogens (tertiary/aromatic N) is 1. The number of benzene rings is 1. The zero-order chi connectivity index (χ0) is 14.4. The zero-order valence-corrected chi connectivity index (χ0v) is 12.8. The maximum absolute atomic E-state index is 11.9. The van der Waals surface area contributed by atoms with Crippen LogP contribution in [0.3, 0.4) is 0 Å². The van der Waals surface area contributed by atoms with E-state index in [0.29, 0.717) is 19.7 Å². The Balaban J connectivity index is 1.79. The number of sulfonamides is 1. The minimum absolute atomic E-state index is 0.0359. The van der Waals surface area contributed by atoms with Gasteiger partial charge in [0.25, 0.3) is 0 Å². The third kappa shape index (κ3) is 4.30. The van der Waals surface area contributed by atoms with Gasteiger partial charge in [-0.2, -0.15) is 4.31 Å². The van der Waals surface area contributed by atoms with Crippen LogP contribution in [0.15, 0.2) is 30.3 Å². The summed E-state index contributed by atoms with van der Waals surface area (Å²) in [5.74, 6) is 0.170. The molecule has 1 aromatic rings. The van der Waals surface area contributed by atoms with Crippen LogP contribution in [0.2, 0.25) is 0 Å². The van der Waals surface area contributed by atoms with E-state index in [1.165, 1.54) is 5.56 Å². The van der Waals surface area contributed by atoms with Crippen molar-refractivity contribution in [3.63, 3.8) is 0 Å². The lowest BCUT2D eigenvalue weighted by Gasteiger charge is -2.32. The van der Waals surface area contributed by atoms with E-state index in [0.717, 1.165) is 19.3 Å². The highest BCUT2D eigenvalue weighted by molar-refractivity contribution is 7.89. The molecule has 5 heteroatoms. The van der Waals surface area contributed by atoms with Crippen molar-refractivity contribution in [1.82, 2.24) is 4.31 Å². The largest absolute Gasteiger partial charge is 0.375 e. The summed E-state index contributed by atoms with van der Waals surface area (Å²) in [5.41, 5.74) is 1.32. The van der Waals surface area contributed by atoms with Gasteiger partial charge < -0.3 is 4.74 Å². The van der Waals surface area contributed by atoms with Gasteiger partial charge >= 0.3 is 0 Å². The predicted molar refractivity (Wildman–Crippen MR) is 80.2 cm³/mol. The van der Waals surface area contributed by atoms with Crippen LogP contribution in [0.5, 0.6) is 0 Å². The van der Waals surface area contributed by atoms with Crippen molar-refractivity contribution in [1.29, 1.82) is 0 Å². The van der Waals surface area contributed by atoms with E-state index in [1.807, 2.05) is 18.2 Å². The molecule has 0 N–H and O–H groups in total. The summed E-state index contributed by atoms with van der Waals surface area (Å²) in [4.78, 5) is 0. The van der Waals surface area contributed by atoms with Crippen molar-refractivity contribution in [2.45, 2.75) is 32.3 Å². The van der Waals surface area contributed by atoms with E-state index < -0.39 is 10.0 Å². The van der Waals surface area contributed by atoms with Gasteiger partial charge in [-0.15, -0.1) is 0 Å². The highest BCUT2D eigenvalue weighted by Gasteiger charge is 2.27. The normalized spacial score (nSPS) is 20.9. The van der Waals surface area contributed by atoms with E-state index in [1.54, 1.807) is 11.2 Å². The molecule has 0 amide bonds. The molecular formula is C15H23NO3S. The Kier molecular flexibility index (Phi) is 5.57. The zero-order valence-electron chi connectivity index (χ0n) is 12.0. The average Bonchev–Trinajstić information content (AvgIpc) is 2.49. The summed E-state index contributed by atoms with van der Waals surface area (Å²) in [6.07, 6.45) is 2.98. The number of morpholine rings is 1. The van der Waals surface area contributed by atoms with E-state index in [-0.39, 0.29) is 11.9 Å². The molecule has 1 saturated heterocycles. The van der Waals surface area contributed by atoms with Gasteiger partial charge in [-0.25, -0.2) is 8.42 Å². The fourth-order valence-electron chi connectivity index (χ4n) is 2.48. The van der Waals surface area contributed by atoms with Crippen LogP contribution < -0.4 is 0 Å². The van der Waals surface area contributed by atoms with Gasteiger partial charge in [0.05, 0.1) is 18.5 Å². The second-order valence-electron chi connectivity index (χ2n) is 5.13. The number of rotatable bonds is 6. The molecule has 0 bridgehead atoms. The molecule has 0 spiro atoms. The molecule has 20 heavy (non-hydrogen) atoms. The molecule has 0 radical (unpaired) electrons. The molecule has 1 aliphatic heterocycles. The summed E-state index contributed by atoms with van der Waals surface area (Å²) in [6, 6.07) is 10.3. The van der Waals surface area contributed by atoms with Crippen molar-refractivity contribution in [2.75, 3.05) is 25.4 Å². The van der Waals surface area contributed by atoms with Crippen LogP contribution in [-0.4, -0.2) is 44.3 Å². The van der Waals surface area contributed by atoms with Crippen molar-refractivity contribution >= 4 is 10.0 Å². The predicted octanol–water partition coefficient (Wildman–Crippen LogP) is 2.06. The standard InChI is InChI=1S/C15H23NO3S/c1-2-20(17,18)16-11-12-19-15(13-16)10-6-9-14-7-4-3-5-8-14/h3-5,7-8,15H,2,6,9-13H2,1H3/t15-/m1/s1. The molecular weight excluding hydrogens is 274 g/mol. The van der Waals surface area contributed by atoms with Gasteiger partial charge in [0, 0.05) is 13.1 Å². The molecule has 4 nitrogen and oxygen atoms in total. The van der Waals surface area contributed by atoms with Crippen LogP contribution in [0.4, 0.5) is 0 Å². The lowest BCUT2D eigenvalue weighted by Crippen LogP contribution is -2.46. The Morgan fingerprint density at radius 2 is 2.05 bits per heavy atom. The number of aryl methyl sites for hydroxylation is 1. The second kappa shape index (κ2) is 7.20. The third-order valence-corrected chi connectivity index (χ3v) is 5.54. The first-order chi connectivity index (χ1) is 9.62. The minimum Gasteiger partial charge on any atom is -0.375 e. The Labute approximate surface area is 121 Å². The van der Waals surface area contributed by atoms with Gasteiger partial charge in [0.2, 0.25) is 10.0 Å². The average molecular weight is 297 g/mol. The molecule has 1 heterocycles. The van der Waals surface area contributed by atoms with Crippen LogP contribution in [-0.2, 0) is 21.2 Å². The van der Waals surface area contributed by atoms with Gasteiger partial charge in [0.1, 0.15) is 0 Å². The maximum atomic E-state index is 11.9. The highest BCUT2D eigenvalue weighted by atomic mass is 32.2. The van der Waals surface area contributed by atoms with Crippen molar-refractivity contribution in [2.24, 2.45) is 0 Å². The minimum atomic E-state index is -3.08. The van der Waals surface area contributed by atoms with Crippen LogP contribution >= 0.6 is 0 Å². The number of hydrogen-bond donors (Lipinski definition) is 0. The van der Waals surface area contributed by atoms with Crippen molar-refractivity contribution < 1.29 is 13.2 Å². The molecule has 0 aromatic heterocycles. The topological polar surface area (TPSA) is 46.6 Å². The quantitative estimate of drug-likeness (QED) is 0.807. The fourth-order valence-corrected chi connectivity index (χ4v) is 3.59. The number of hydrogen-bond acceptors (Lipinski definition) is 3. The monoisotopic (exact) mass is 297 g/mol. The molecule has 112 valence electrons. The molecule has 1 aliphatic rings. The van der Waals surface area contributed by atoms with E-state index in [2.05, 4.69) is 12.1 Å². The fraction of sp³-hybridized carbons (Fsp3) is 0.600.